The highest BCUT2D eigenvalue weighted by molar-refractivity contribution is 6.30. The number of hydrogen-bond donors (Lipinski definition) is 0. The standard InChI is InChI=1S/C22H25ClN2O3/c1-27-20-13-18(14-21(15-20)28-2)5-8-22(26)25-11-9-24(10-12-25)16-17-3-6-19(23)7-4-17/h3-8,13-15H,9-12,16H2,1-2H3/b8-5+. The lowest BCUT2D eigenvalue weighted by molar-refractivity contribution is -0.127. The molecule has 1 saturated heterocycles. The van der Waals surface area contributed by atoms with Gasteiger partial charge in [0.2, 0.25) is 5.91 Å². The zero-order chi connectivity index (χ0) is 19.9. The summed E-state index contributed by atoms with van der Waals surface area (Å²) in [5.74, 6) is 1.41. The van der Waals surface area contributed by atoms with E-state index in [4.69, 9.17) is 21.1 Å². The van der Waals surface area contributed by atoms with E-state index in [9.17, 15) is 4.79 Å². The molecule has 1 heterocycles. The van der Waals surface area contributed by atoms with E-state index in [1.807, 2.05) is 41.3 Å². The van der Waals surface area contributed by atoms with Gasteiger partial charge in [-0.3, -0.25) is 9.69 Å². The fourth-order valence-electron chi connectivity index (χ4n) is 3.17. The molecule has 2 aromatic carbocycles. The lowest BCUT2D eigenvalue weighted by atomic mass is 10.1. The molecule has 0 aliphatic carbocycles. The predicted octanol–water partition coefficient (Wildman–Crippen LogP) is 3.71. The van der Waals surface area contributed by atoms with Crippen molar-refractivity contribution in [1.82, 2.24) is 9.80 Å². The quantitative estimate of drug-likeness (QED) is 0.693. The van der Waals surface area contributed by atoms with Crippen molar-refractivity contribution in [2.75, 3.05) is 40.4 Å². The van der Waals surface area contributed by atoms with Gasteiger partial charge >= 0.3 is 0 Å². The van der Waals surface area contributed by atoms with Crippen LogP contribution in [0, 0.1) is 0 Å². The zero-order valence-electron chi connectivity index (χ0n) is 16.2. The number of hydrogen-bond acceptors (Lipinski definition) is 4. The van der Waals surface area contributed by atoms with Crippen LogP contribution in [-0.2, 0) is 11.3 Å². The second-order valence-corrected chi connectivity index (χ2v) is 7.14. The Morgan fingerprint density at radius 1 is 1.00 bits per heavy atom. The predicted molar refractivity (Wildman–Crippen MR) is 112 cm³/mol. The monoisotopic (exact) mass is 400 g/mol. The minimum Gasteiger partial charge on any atom is -0.497 e. The summed E-state index contributed by atoms with van der Waals surface area (Å²) in [4.78, 5) is 16.8. The number of carbonyl (C=O) groups is 1. The number of piperazine rings is 1. The van der Waals surface area contributed by atoms with Gasteiger partial charge in [-0.2, -0.15) is 0 Å². The second-order valence-electron chi connectivity index (χ2n) is 6.71. The van der Waals surface area contributed by atoms with Gasteiger partial charge in [-0.05, 0) is 41.5 Å². The molecule has 148 valence electrons. The van der Waals surface area contributed by atoms with E-state index in [0.717, 1.165) is 43.3 Å². The molecule has 3 rings (SSSR count). The van der Waals surface area contributed by atoms with Crippen LogP contribution in [0.25, 0.3) is 6.08 Å². The largest absolute Gasteiger partial charge is 0.497 e. The highest BCUT2D eigenvalue weighted by Crippen LogP contribution is 2.23. The summed E-state index contributed by atoms with van der Waals surface area (Å²) in [6.07, 6.45) is 3.41. The van der Waals surface area contributed by atoms with E-state index in [1.54, 1.807) is 32.4 Å². The van der Waals surface area contributed by atoms with Crippen LogP contribution in [-0.4, -0.2) is 56.1 Å². The Bertz CT molecular complexity index is 806. The topological polar surface area (TPSA) is 42.0 Å². The number of rotatable bonds is 6. The summed E-state index contributed by atoms with van der Waals surface area (Å²) in [5.41, 5.74) is 2.10. The number of nitrogens with zero attached hydrogens (tertiary/aromatic N) is 2. The second kappa shape index (κ2) is 9.62. The molecule has 0 radical (unpaired) electrons. The van der Waals surface area contributed by atoms with Gasteiger partial charge in [-0.25, -0.2) is 0 Å². The average Bonchev–Trinajstić information content (AvgIpc) is 2.74. The van der Waals surface area contributed by atoms with E-state index < -0.39 is 0 Å². The van der Waals surface area contributed by atoms with Gasteiger partial charge in [0.1, 0.15) is 11.5 Å². The molecule has 0 aromatic heterocycles. The molecule has 0 atom stereocenters. The summed E-state index contributed by atoms with van der Waals surface area (Å²) in [5, 5.41) is 0.750. The van der Waals surface area contributed by atoms with Crippen LogP contribution in [0.1, 0.15) is 11.1 Å². The van der Waals surface area contributed by atoms with Gasteiger partial charge in [0.15, 0.2) is 0 Å². The van der Waals surface area contributed by atoms with Crippen LogP contribution in [0.5, 0.6) is 11.5 Å². The van der Waals surface area contributed by atoms with Gasteiger partial charge in [-0.15, -0.1) is 0 Å². The van der Waals surface area contributed by atoms with E-state index in [1.165, 1.54) is 5.56 Å². The van der Waals surface area contributed by atoms with Crippen molar-refractivity contribution in [3.8, 4) is 11.5 Å². The number of carbonyl (C=O) groups excluding carboxylic acids is 1. The maximum absolute atomic E-state index is 12.5. The van der Waals surface area contributed by atoms with Gasteiger partial charge in [-0.1, -0.05) is 23.7 Å². The highest BCUT2D eigenvalue weighted by atomic mass is 35.5. The zero-order valence-corrected chi connectivity index (χ0v) is 17.0. The molecule has 5 nitrogen and oxygen atoms in total. The van der Waals surface area contributed by atoms with Crippen LogP contribution in [0.15, 0.2) is 48.5 Å². The number of benzene rings is 2. The van der Waals surface area contributed by atoms with Crippen LogP contribution in [0.4, 0.5) is 0 Å². The summed E-state index contributed by atoms with van der Waals surface area (Å²) < 4.78 is 10.5. The first-order chi connectivity index (χ1) is 13.6. The van der Waals surface area contributed by atoms with Crippen molar-refractivity contribution in [2.24, 2.45) is 0 Å². The van der Waals surface area contributed by atoms with E-state index in [2.05, 4.69) is 4.90 Å². The third-order valence-corrected chi connectivity index (χ3v) is 5.05. The molecule has 0 spiro atoms. The number of amides is 1. The minimum atomic E-state index is 0.0212. The molecule has 1 amide bonds. The third kappa shape index (κ3) is 5.50. The van der Waals surface area contributed by atoms with Crippen molar-refractivity contribution in [2.45, 2.75) is 6.54 Å². The van der Waals surface area contributed by atoms with Gasteiger partial charge < -0.3 is 14.4 Å². The van der Waals surface area contributed by atoms with Crippen LogP contribution < -0.4 is 9.47 Å². The Labute approximate surface area is 171 Å². The molecule has 6 heteroatoms. The van der Waals surface area contributed by atoms with Crippen molar-refractivity contribution in [1.29, 1.82) is 0 Å². The Hall–Kier alpha value is -2.50. The van der Waals surface area contributed by atoms with Gasteiger partial charge in [0, 0.05) is 49.9 Å². The number of halogens is 1. The SMILES string of the molecule is COc1cc(/C=C/C(=O)N2CCN(Cc3ccc(Cl)cc3)CC2)cc(OC)c1. The molecule has 0 saturated carbocycles. The summed E-state index contributed by atoms with van der Waals surface area (Å²) >= 11 is 5.94. The summed E-state index contributed by atoms with van der Waals surface area (Å²) in [6, 6.07) is 13.5. The van der Waals surface area contributed by atoms with Gasteiger partial charge in [0.05, 0.1) is 14.2 Å². The maximum atomic E-state index is 12.5. The first-order valence-corrected chi connectivity index (χ1v) is 9.62. The first-order valence-electron chi connectivity index (χ1n) is 9.24. The van der Waals surface area contributed by atoms with Crippen LogP contribution >= 0.6 is 11.6 Å². The normalized spacial score (nSPS) is 15.0. The highest BCUT2D eigenvalue weighted by Gasteiger charge is 2.19. The first kappa shape index (κ1) is 20.2. The van der Waals surface area contributed by atoms with Crippen LogP contribution in [0.3, 0.4) is 0 Å². The Kier molecular flexibility index (Phi) is 6.95. The molecule has 28 heavy (non-hydrogen) atoms. The molecule has 1 fully saturated rings. The Morgan fingerprint density at radius 3 is 2.18 bits per heavy atom. The van der Waals surface area contributed by atoms with Crippen molar-refractivity contribution in [3.05, 3.63) is 64.7 Å². The lowest BCUT2D eigenvalue weighted by Crippen LogP contribution is -2.47. The molecular formula is C22H25ClN2O3. The lowest BCUT2D eigenvalue weighted by Gasteiger charge is -2.34. The van der Waals surface area contributed by atoms with E-state index in [0.29, 0.717) is 11.5 Å². The Morgan fingerprint density at radius 2 is 1.61 bits per heavy atom. The Balaban J connectivity index is 1.53. The summed E-state index contributed by atoms with van der Waals surface area (Å²) in [7, 11) is 3.22. The minimum absolute atomic E-state index is 0.0212. The molecule has 0 unspecified atom stereocenters. The smallest absolute Gasteiger partial charge is 0.246 e. The van der Waals surface area contributed by atoms with Gasteiger partial charge in [0.25, 0.3) is 0 Å². The molecule has 0 bridgehead atoms. The molecular weight excluding hydrogens is 376 g/mol. The molecule has 2 aromatic rings. The fraction of sp³-hybridized carbons (Fsp3) is 0.318. The number of methoxy groups -OCH3 is 2. The van der Waals surface area contributed by atoms with Crippen LogP contribution in [0.2, 0.25) is 5.02 Å². The van der Waals surface area contributed by atoms with Crippen molar-refractivity contribution < 1.29 is 14.3 Å². The molecule has 0 N–H and O–H groups in total. The third-order valence-electron chi connectivity index (χ3n) is 4.80. The van der Waals surface area contributed by atoms with Crippen molar-refractivity contribution in [3.63, 3.8) is 0 Å². The fourth-order valence-corrected chi connectivity index (χ4v) is 3.30. The van der Waals surface area contributed by atoms with Crippen molar-refractivity contribution >= 4 is 23.6 Å². The molecule has 1 aliphatic rings. The molecule has 1 aliphatic heterocycles. The summed E-state index contributed by atoms with van der Waals surface area (Å²) in [6.45, 7) is 4.03. The number of ether oxygens (including phenoxy) is 2. The average molecular weight is 401 g/mol. The van der Waals surface area contributed by atoms with E-state index >= 15 is 0 Å². The van der Waals surface area contributed by atoms with E-state index in [-0.39, 0.29) is 5.91 Å². The maximum Gasteiger partial charge on any atom is 0.246 e.